The maximum atomic E-state index is 5.39. The van der Waals surface area contributed by atoms with Crippen molar-refractivity contribution in [1.29, 1.82) is 0 Å². The third kappa shape index (κ3) is 4.17. The van der Waals surface area contributed by atoms with Gasteiger partial charge >= 0.3 is 0 Å². The second-order valence-electron chi connectivity index (χ2n) is 4.15. The van der Waals surface area contributed by atoms with E-state index in [0.29, 0.717) is 11.8 Å². The van der Waals surface area contributed by atoms with Gasteiger partial charge in [0, 0.05) is 18.2 Å². The molecule has 4 heteroatoms. The minimum absolute atomic E-state index is 0.293. The Hall–Kier alpha value is -1.68. The molecule has 1 aromatic carbocycles. The van der Waals surface area contributed by atoms with Crippen molar-refractivity contribution < 1.29 is 14.2 Å². The van der Waals surface area contributed by atoms with Crippen LogP contribution in [0.1, 0.15) is 19.4 Å². The molecule has 19 heavy (non-hydrogen) atoms. The van der Waals surface area contributed by atoms with Crippen LogP contribution >= 0.6 is 0 Å². The molecule has 1 aromatic rings. The number of benzene rings is 1. The Morgan fingerprint density at radius 1 is 1.11 bits per heavy atom. The van der Waals surface area contributed by atoms with Crippen molar-refractivity contribution in [2.24, 2.45) is 0 Å². The van der Waals surface area contributed by atoms with E-state index in [9.17, 15) is 0 Å². The Labute approximate surface area is 115 Å². The van der Waals surface area contributed by atoms with E-state index in [1.807, 2.05) is 18.2 Å². The first kappa shape index (κ1) is 15.4. The molecule has 0 aromatic heterocycles. The van der Waals surface area contributed by atoms with Gasteiger partial charge in [0.25, 0.3) is 0 Å². The number of hydrogen-bond donors (Lipinski definition) is 1. The first-order valence-corrected chi connectivity index (χ1v) is 6.37. The van der Waals surface area contributed by atoms with Gasteiger partial charge in [-0.05, 0) is 19.5 Å². The van der Waals surface area contributed by atoms with Crippen LogP contribution in [-0.2, 0) is 0 Å². The summed E-state index contributed by atoms with van der Waals surface area (Å²) in [5.41, 5.74) is 0.913. The molecule has 0 saturated carbocycles. The molecule has 0 radical (unpaired) electrons. The van der Waals surface area contributed by atoms with Gasteiger partial charge in [0.1, 0.15) is 17.2 Å². The van der Waals surface area contributed by atoms with E-state index in [4.69, 9.17) is 14.2 Å². The lowest BCUT2D eigenvalue weighted by molar-refractivity contribution is 0.374. The number of hydrogen-bond acceptors (Lipinski definition) is 4. The molecular weight excluding hydrogens is 242 g/mol. The van der Waals surface area contributed by atoms with Crippen LogP contribution in [0.4, 0.5) is 0 Å². The van der Waals surface area contributed by atoms with Gasteiger partial charge in [-0.1, -0.05) is 13.0 Å². The number of rotatable bonds is 7. The van der Waals surface area contributed by atoms with Gasteiger partial charge in [0.2, 0.25) is 0 Å². The van der Waals surface area contributed by atoms with Crippen molar-refractivity contribution >= 4 is 6.08 Å². The second kappa shape index (κ2) is 7.69. The first-order chi connectivity index (χ1) is 9.15. The molecule has 1 atom stereocenters. The monoisotopic (exact) mass is 265 g/mol. The van der Waals surface area contributed by atoms with E-state index in [2.05, 4.69) is 25.2 Å². The van der Waals surface area contributed by atoms with E-state index in [-0.39, 0.29) is 0 Å². The topological polar surface area (TPSA) is 39.7 Å². The Bertz CT molecular complexity index is 404. The molecule has 0 spiro atoms. The third-order valence-electron chi connectivity index (χ3n) is 2.83. The Morgan fingerprint density at radius 2 is 1.68 bits per heavy atom. The van der Waals surface area contributed by atoms with Crippen LogP contribution in [0.2, 0.25) is 0 Å². The Morgan fingerprint density at radius 3 is 2.11 bits per heavy atom. The van der Waals surface area contributed by atoms with Crippen LogP contribution in [0.15, 0.2) is 18.2 Å². The lowest BCUT2D eigenvalue weighted by Gasteiger charge is -2.13. The lowest BCUT2D eigenvalue weighted by Crippen LogP contribution is -2.22. The van der Waals surface area contributed by atoms with Crippen LogP contribution < -0.4 is 19.5 Å². The maximum Gasteiger partial charge on any atom is 0.133 e. The van der Waals surface area contributed by atoms with Crippen LogP contribution in [0.25, 0.3) is 6.08 Å². The van der Waals surface area contributed by atoms with Crippen molar-refractivity contribution in [3.63, 3.8) is 0 Å². The highest BCUT2D eigenvalue weighted by Crippen LogP contribution is 2.35. The smallest absolute Gasteiger partial charge is 0.133 e. The summed E-state index contributed by atoms with van der Waals surface area (Å²) in [5.74, 6) is 2.18. The predicted octanol–water partition coefficient (Wildman–Crippen LogP) is 2.72. The molecule has 0 amide bonds. The zero-order valence-corrected chi connectivity index (χ0v) is 12.3. The number of likely N-dealkylation sites (N-methyl/N-ethyl adjacent to an activating group) is 1. The third-order valence-corrected chi connectivity index (χ3v) is 2.83. The quantitative estimate of drug-likeness (QED) is 0.823. The van der Waals surface area contributed by atoms with Crippen LogP contribution in [0.5, 0.6) is 17.2 Å². The number of nitrogens with one attached hydrogen (secondary N) is 1. The van der Waals surface area contributed by atoms with Crippen molar-refractivity contribution in [2.75, 3.05) is 27.9 Å². The van der Waals surface area contributed by atoms with Gasteiger partial charge in [-0.2, -0.15) is 0 Å². The fourth-order valence-corrected chi connectivity index (χ4v) is 1.83. The molecule has 4 nitrogen and oxygen atoms in total. The van der Waals surface area contributed by atoms with Crippen LogP contribution in [-0.4, -0.2) is 33.9 Å². The van der Waals surface area contributed by atoms with Crippen molar-refractivity contribution in [1.82, 2.24) is 5.32 Å². The van der Waals surface area contributed by atoms with Crippen LogP contribution in [0, 0.1) is 0 Å². The van der Waals surface area contributed by atoms with E-state index >= 15 is 0 Å². The van der Waals surface area contributed by atoms with Crippen molar-refractivity contribution in [2.45, 2.75) is 19.9 Å². The van der Waals surface area contributed by atoms with Gasteiger partial charge < -0.3 is 19.5 Å². The fraction of sp³-hybridized carbons (Fsp3) is 0.467. The van der Waals surface area contributed by atoms with E-state index in [0.717, 1.165) is 23.6 Å². The zero-order valence-electron chi connectivity index (χ0n) is 12.3. The molecule has 106 valence electrons. The molecule has 0 fully saturated rings. The van der Waals surface area contributed by atoms with Gasteiger partial charge in [-0.3, -0.25) is 0 Å². The highest BCUT2D eigenvalue weighted by molar-refractivity contribution is 5.66. The van der Waals surface area contributed by atoms with Crippen LogP contribution in [0.3, 0.4) is 0 Å². The molecule has 0 heterocycles. The van der Waals surface area contributed by atoms with Crippen molar-refractivity contribution in [3.8, 4) is 17.2 Å². The molecule has 1 N–H and O–H groups in total. The maximum absolute atomic E-state index is 5.39. The molecule has 1 rings (SSSR count). The standard InChI is InChI=1S/C15H23NO3/c1-6-16-11(2)7-8-13-14(18-4)9-12(17-3)10-15(13)19-5/h7-11,16H,6H2,1-5H3/b8-7+. The van der Waals surface area contributed by atoms with E-state index < -0.39 is 0 Å². The lowest BCUT2D eigenvalue weighted by atomic mass is 10.1. The average molecular weight is 265 g/mol. The van der Waals surface area contributed by atoms with Gasteiger partial charge in [-0.25, -0.2) is 0 Å². The van der Waals surface area contributed by atoms with E-state index in [1.165, 1.54) is 0 Å². The normalized spacial score (nSPS) is 12.5. The Kier molecular flexibility index (Phi) is 6.22. The largest absolute Gasteiger partial charge is 0.496 e. The van der Waals surface area contributed by atoms with Gasteiger partial charge in [0.15, 0.2) is 0 Å². The second-order valence-corrected chi connectivity index (χ2v) is 4.15. The summed E-state index contributed by atoms with van der Waals surface area (Å²) in [5, 5.41) is 3.32. The highest BCUT2D eigenvalue weighted by atomic mass is 16.5. The summed E-state index contributed by atoms with van der Waals surface area (Å²) in [6.07, 6.45) is 4.08. The van der Waals surface area contributed by atoms with Crippen molar-refractivity contribution in [3.05, 3.63) is 23.8 Å². The number of ether oxygens (including phenoxy) is 3. The van der Waals surface area contributed by atoms with Gasteiger partial charge in [-0.15, -0.1) is 0 Å². The molecule has 0 aliphatic carbocycles. The summed E-state index contributed by atoms with van der Waals surface area (Å²) in [6, 6.07) is 3.99. The molecular formula is C15H23NO3. The summed E-state index contributed by atoms with van der Waals surface area (Å²) in [7, 11) is 4.90. The molecule has 0 bridgehead atoms. The summed E-state index contributed by atoms with van der Waals surface area (Å²) >= 11 is 0. The number of methoxy groups -OCH3 is 3. The minimum atomic E-state index is 0.293. The molecule has 0 aliphatic heterocycles. The first-order valence-electron chi connectivity index (χ1n) is 6.37. The summed E-state index contributed by atoms with van der Waals surface area (Å²) in [6.45, 7) is 5.11. The summed E-state index contributed by atoms with van der Waals surface area (Å²) in [4.78, 5) is 0. The van der Waals surface area contributed by atoms with Gasteiger partial charge in [0.05, 0.1) is 26.9 Å². The Balaban J connectivity index is 3.10. The predicted molar refractivity (Wildman–Crippen MR) is 78.3 cm³/mol. The molecule has 0 aliphatic rings. The van der Waals surface area contributed by atoms with E-state index in [1.54, 1.807) is 21.3 Å². The average Bonchev–Trinajstić information content (AvgIpc) is 2.44. The summed E-state index contributed by atoms with van der Waals surface area (Å²) < 4.78 is 16.0. The zero-order chi connectivity index (χ0) is 14.3. The highest BCUT2D eigenvalue weighted by Gasteiger charge is 2.10. The minimum Gasteiger partial charge on any atom is -0.496 e. The molecule has 1 unspecified atom stereocenters. The molecule has 0 saturated heterocycles. The SMILES string of the molecule is CCNC(C)/C=C/c1c(OC)cc(OC)cc1OC. The fourth-order valence-electron chi connectivity index (χ4n) is 1.83.